The fraction of sp³-hybridized carbons (Fsp3) is 0.214. The molecule has 0 fully saturated rings. The number of nitrogens with two attached hydrogens (primary N) is 1. The van der Waals surface area contributed by atoms with Crippen molar-refractivity contribution in [3.05, 3.63) is 58.9 Å². The van der Waals surface area contributed by atoms with E-state index in [-0.39, 0.29) is 5.56 Å². The Balaban J connectivity index is 2.49. The maximum Gasteiger partial charge on any atom is 0.137 e. The first-order valence-electron chi connectivity index (χ1n) is 5.73. The third kappa shape index (κ3) is 2.56. The van der Waals surface area contributed by atoms with Crippen LogP contribution in [0.15, 0.2) is 30.6 Å². The largest absolute Gasteiger partial charge is 0.495 e. The lowest BCUT2D eigenvalue weighted by atomic mass is 9.98. The highest BCUT2D eigenvalue weighted by Crippen LogP contribution is 2.27. The summed E-state index contributed by atoms with van der Waals surface area (Å²) in [6, 6.07) is 3.27. The van der Waals surface area contributed by atoms with Crippen LogP contribution in [0.25, 0.3) is 0 Å². The topological polar surface area (TPSA) is 48.1 Å². The van der Waals surface area contributed by atoms with Crippen LogP contribution in [0, 0.1) is 18.6 Å². The number of hydrogen-bond acceptors (Lipinski definition) is 3. The second kappa shape index (κ2) is 5.32. The first-order chi connectivity index (χ1) is 9.04. The Morgan fingerprint density at radius 2 is 2.00 bits per heavy atom. The Morgan fingerprint density at radius 3 is 2.68 bits per heavy atom. The molecule has 0 aliphatic carbocycles. The minimum absolute atomic E-state index is 0.157. The highest BCUT2D eigenvalue weighted by molar-refractivity contribution is 5.37. The van der Waals surface area contributed by atoms with Gasteiger partial charge in [-0.1, -0.05) is 6.07 Å². The van der Waals surface area contributed by atoms with Crippen molar-refractivity contribution in [2.24, 2.45) is 5.73 Å². The summed E-state index contributed by atoms with van der Waals surface area (Å²) in [5.41, 5.74) is 6.62. The van der Waals surface area contributed by atoms with E-state index in [1.165, 1.54) is 31.6 Å². The van der Waals surface area contributed by atoms with Crippen LogP contribution >= 0.6 is 0 Å². The van der Waals surface area contributed by atoms with E-state index in [2.05, 4.69) is 4.98 Å². The predicted molar refractivity (Wildman–Crippen MR) is 67.9 cm³/mol. The van der Waals surface area contributed by atoms with Gasteiger partial charge in [0.15, 0.2) is 0 Å². The van der Waals surface area contributed by atoms with Crippen LogP contribution in [-0.2, 0) is 0 Å². The third-order valence-electron chi connectivity index (χ3n) is 2.96. The van der Waals surface area contributed by atoms with E-state index in [4.69, 9.17) is 10.5 Å². The van der Waals surface area contributed by atoms with Crippen molar-refractivity contribution in [3.8, 4) is 5.75 Å². The summed E-state index contributed by atoms with van der Waals surface area (Å²) in [4.78, 5) is 3.93. The predicted octanol–water partition coefficient (Wildman–Crippen LogP) is 2.72. The molecule has 2 N–H and O–H groups in total. The van der Waals surface area contributed by atoms with Crippen molar-refractivity contribution in [2.45, 2.75) is 13.0 Å². The molecule has 1 atom stereocenters. The lowest BCUT2D eigenvalue weighted by Crippen LogP contribution is -2.16. The van der Waals surface area contributed by atoms with Gasteiger partial charge in [-0.05, 0) is 30.2 Å². The summed E-state index contributed by atoms with van der Waals surface area (Å²) in [7, 11) is 1.49. The molecule has 0 aliphatic rings. The Kier molecular flexibility index (Phi) is 3.76. The zero-order valence-electron chi connectivity index (χ0n) is 10.7. The minimum atomic E-state index is -0.928. The highest BCUT2D eigenvalue weighted by Gasteiger charge is 2.20. The van der Waals surface area contributed by atoms with E-state index >= 15 is 0 Å². The maximum absolute atomic E-state index is 14.0. The molecule has 2 aromatic rings. The summed E-state index contributed by atoms with van der Waals surface area (Å²) in [5, 5.41) is 0. The first kappa shape index (κ1) is 13.4. The number of benzene rings is 1. The van der Waals surface area contributed by atoms with Crippen LogP contribution in [0.2, 0.25) is 0 Å². The SMILES string of the molecule is COc1cncc(C(N)c2c(F)ccc(C)c2F)c1. The highest BCUT2D eigenvalue weighted by atomic mass is 19.1. The first-order valence-corrected chi connectivity index (χ1v) is 5.73. The van der Waals surface area contributed by atoms with Gasteiger partial charge in [-0.25, -0.2) is 8.78 Å². The summed E-state index contributed by atoms with van der Waals surface area (Å²) < 4.78 is 32.8. The summed E-state index contributed by atoms with van der Waals surface area (Å²) in [5.74, 6) is -0.810. The van der Waals surface area contributed by atoms with Gasteiger partial charge in [-0.2, -0.15) is 0 Å². The van der Waals surface area contributed by atoms with Crippen LogP contribution in [0.4, 0.5) is 8.78 Å². The average Bonchev–Trinajstić information content (AvgIpc) is 2.43. The molecule has 5 heteroatoms. The molecule has 100 valence electrons. The van der Waals surface area contributed by atoms with Gasteiger partial charge in [0.2, 0.25) is 0 Å². The molecular formula is C14H14F2N2O. The second-order valence-electron chi connectivity index (χ2n) is 4.23. The molecule has 1 aromatic carbocycles. The molecule has 0 saturated carbocycles. The molecule has 0 radical (unpaired) electrons. The molecule has 0 bridgehead atoms. The van der Waals surface area contributed by atoms with Crippen LogP contribution < -0.4 is 10.5 Å². The van der Waals surface area contributed by atoms with Crippen LogP contribution in [0.5, 0.6) is 5.75 Å². The Bertz CT molecular complexity index is 602. The Morgan fingerprint density at radius 1 is 1.26 bits per heavy atom. The normalized spacial score (nSPS) is 12.3. The monoisotopic (exact) mass is 264 g/mol. The molecule has 3 nitrogen and oxygen atoms in total. The van der Waals surface area contributed by atoms with Gasteiger partial charge in [-0.3, -0.25) is 4.98 Å². The van der Waals surface area contributed by atoms with Crippen molar-refractivity contribution >= 4 is 0 Å². The van der Waals surface area contributed by atoms with Gasteiger partial charge >= 0.3 is 0 Å². The van der Waals surface area contributed by atoms with Crippen molar-refractivity contribution in [3.63, 3.8) is 0 Å². The molecule has 0 aliphatic heterocycles. The molecule has 1 unspecified atom stereocenters. The van der Waals surface area contributed by atoms with Crippen molar-refractivity contribution in [1.82, 2.24) is 4.98 Å². The molecule has 0 spiro atoms. The van der Waals surface area contributed by atoms with E-state index in [9.17, 15) is 8.78 Å². The Labute approximate surface area is 110 Å². The molecule has 1 aromatic heterocycles. The molecular weight excluding hydrogens is 250 g/mol. The van der Waals surface area contributed by atoms with E-state index in [0.717, 1.165) is 0 Å². The molecule has 2 rings (SSSR count). The van der Waals surface area contributed by atoms with Gasteiger partial charge in [0.1, 0.15) is 17.4 Å². The average molecular weight is 264 g/mol. The Hall–Kier alpha value is -2.01. The number of halogens is 2. The summed E-state index contributed by atoms with van der Waals surface area (Å²) in [6.07, 6.45) is 2.97. The van der Waals surface area contributed by atoms with Crippen molar-refractivity contribution in [1.29, 1.82) is 0 Å². The quantitative estimate of drug-likeness (QED) is 0.927. The number of pyridine rings is 1. The van der Waals surface area contributed by atoms with Gasteiger partial charge < -0.3 is 10.5 Å². The zero-order valence-corrected chi connectivity index (χ0v) is 10.7. The van der Waals surface area contributed by atoms with E-state index < -0.39 is 17.7 Å². The summed E-state index contributed by atoms with van der Waals surface area (Å²) >= 11 is 0. The van der Waals surface area contributed by atoms with Gasteiger partial charge in [0.25, 0.3) is 0 Å². The number of hydrogen-bond donors (Lipinski definition) is 1. The van der Waals surface area contributed by atoms with E-state index in [0.29, 0.717) is 16.9 Å². The smallest absolute Gasteiger partial charge is 0.137 e. The molecule has 19 heavy (non-hydrogen) atoms. The van der Waals surface area contributed by atoms with E-state index in [1.807, 2.05) is 0 Å². The molecule has 1 heterocycles. The zero-order chi connectivity index (χ0) is 14.0. The number of aryl methyl sites for hydroxylation is 1. The van der Waals surface area contributed by atoms with Gasteiger partial charge in [0, 0.05) is 11.8 Å². The maximum atomic E-state index is 14.0. The minimum Gasteiger partial charge on any atom is -0.495 e. The number of methoxy groups -OCH3 is 1. The standard InChI is InChI=1S/C14H14F2N2O/c1-8-3-4-11(15)12(13(8)16)14(17)9-5-10(19-2)7-18-6-9/h3-7,14H,17H2,1-2H3. The van der Waals surface area contributed by atoms with Crippen LogP contribution in [0.3, 0.4) is 0 Å². The number of rotatable bonds is 3. The fourth-order valence-electron chi connectivity index (χ4n) is 1.85. The van der Waals surface area contributed by atoms with Crippen molar-refractivity contribution < 1.29 is 13.5 Å². The number of ether oxygens (including phenoxy) is 1. The lowest BCUT2D eigenvalue weighted by Gasteiger charge is -2.15. The van der Waals surface area contributed by atoms with Gasteiger partial charge in [-0.15, -0.1) is 0 Å². The van der Waals surface area contributed by atoms with Crippen LogP contribution in [-0.4, -0.2) is 12.1 Å². The van der Waals surface area contributed by atoms with Gasteiger partial charge in [0.05, 0.1) is 19.3 Å². The molecule has 0 saturated heterocycles. The van der Waals surface area contributed by atoms with Crippen LogP contribution in [0.1, 0.15) is 22.7 Å². The summed E-state index contributed by atoms with van der Waals surface area (Å²) in [6.45, 7) is 1.56. The van der Waals surface area contributed by atoms with E-state index in [1.54, 1.807) is 13.0 Å². The number of aromatic nitrogens is 1. The molecule has 0 amide bonds. The number of nitrogens with zero attached hydrogens (tertiary/aromatic N) is 1. The lowest BCUT2D eigenvalue weighted by molar-refractivity contribution is 0.412. The fourth-order valence-corrected chi connectivity index (χ4v) is 1.85. The second-order valence-corrected chi connectivity index (χ2v) is 4.23. The third-order valence-corrected chi connectivity index (χ3v) is 2.96. The van der Waals surface area contributed by atoms with Crippen molar-refractivity contribution in [2.75, 3.05) is 7.11 Å².